The fourth-order valence-corrected chi connectivity index (χ4v) is 50.3. The Morgan fingerprint density at radius 1 is 0.613 bits per heavy atom. The average Bonchev–Trinajstić information content (AvgIpc) is 2.86. The summed E-state index contributed by atoms with van der Waals surface area (Å²) in [5.41, 5.74) is 6.06. The van der Waals surface area contributed by atoms with Crippen LogP contribution in [0.4, 0.5) is 0 Å². The van der Waals surface area contributed by atoms with Gasteiger partial charge in [-0.2, -0.15) is 0 Å². The first-order valence-corrected chi connectivity index (χ1v) is 28.0. The van der Waals surface area contributed by atoms with Crippen molar-refractivity contribution in [3.8, 4) is 0 Å². The van der Waals surface area contributed by atoms with Crippen LogP contribution in [0.1, 0.15) is 29.5 Å². The maximum absolute atomic E-state index is 2.99. The number of rotatable bonds is 5. The summed E-state index contributed by atoms with van der Waals surface area (Å²) in [4.78, 5) is 0. The molecule has 1 aromatic rings. The number of hydrogen-bond donors (Lipinski definition) is 0. The Kier molecular flexibility index (Phi) is 7.34. The zero-order chi connectivity index (χ0) is 24.4. The Morgan fingerprint density at radius 3 is 1.16 bits per heavy atom. The monoisotopic (exact) mass is 502 g/mol. The van der Waals surface area contributed by atoms with Crippen LogP contribution in [0.2, 0.25) is 87.1 Å². The third-order valence-electron chi connectivity index (χ3n) is 8.94. The topological polar surface area (TPSA) is 0 Å². The molecule has 0 saturated carbocycles. The van der Waals surface area contributed by atoms with Gasteiger partial charge in [0.1, 0.15) is 0 Å². The Hall–Kier alpha value is 0.369. The fraction of sp³-hybridized carbons (Fsp3) is 0.760. The molecule has 0 nitrogen and oxygen atoms in total. The summed E-state index contributed by atoms with van der Waals surface area (Å²) < 4.78 is 1.32. The van der Waals surface area contributed by atoms with Crippen molar-refractivity contribution in [2.75, 3.05) is 0 Å². The van der Waals surface area contributed by atoms with Gasteiger partial charge in [-0.3, -0.25) is 0 Å². The Balaban J connectivity index is 3.13. The van der Waals surface area contributed by atoms with E-state index in [9.17, 15) is 0 Å². The molecule has 0 spiro atoms. The van der Waals surface area contributed by atoms with Crippen LogP contribution in [-0.2, 0) is 0 Å². The number of aryl methyl sites for hydroxylation is 3. The van der Waals surface area contributed by atoms with Crippen LogP contribution in [0.3, 0.4) is 0 Å². The van der Waals surface area contributed by atoms with E-state index in [4.69, 9.17) is 0 Å². The zero-order valence-electron chi connectivity index (χ0n) is 23.6. The van der Waals surface area contributed by atoms with Gasteiger partial charge in [-0.15, -0.1) is 0 Å². The Labute approximate surface area is 201 Å². The molecule has 0 bridgehead atoms. The van der Waals surface area contributed by atoms with Crippen molar-refractivity contribution in [1.82, 2.24) is 0 Å². The van der Waals surface area contributed by atoms with E-state index in [1.165, 1.54) is 29.5 Å². The molecule has 0 N–H and O–H groups in total. The van der Waals surface area contributed by atoms with Crippen molar-refractivity contribution in [3.63, 3.8) is 0 Å². The van der Waals surface area contributed by atoms with Crippen LogP contribution < -0.4 is 5.46 Å². The van der Waals surface area contributed by atoms with Crippen molar-refractivity contribution < 1.29 is 0 Å². The van der Waals surface area contributed by atoms with Gasteiger partial charge in [0, 0.05) is 0 Å². The third-order valence-corrected chi connectivity index (χ3v) is 44.3. The van der Waals surface area contributed by atoms with E-state index in [2.05, 4.69) is 118 Å². The van der Waals surface area contributed by atoms with E-state index in [-0.39, 0.29) is 0 Å². The van der Waals surface area contributed by atoms with Crippen molar-refractivity contribution in [1.29, 1.82) is 0 Å². The molecule has 31 heavy (non-hydrogen) atoms. The van der Waals surface area contributed by atoms with Gasteiger partial charge in [0.25, 0.3) is 0 Å². The molecular formula is C25H51BSi5. The molecule has 0 aromatic heterocycles. The first kappa shape index (κ1) is 27.6. The van der Waals surface area contributed by atoms with Crippen LogP contribution in [0.15, 0.2) is 12.1 Å². The number of hydrogen-bond acceptors (Lipinski definition) is 0. The molecule has 1 aliphatic heterocycles. The van der Waals surface area contributed by atoms with E-state index in [0.29, 0.717) is 8.57 Å². The predicted molar refractivity (Wildman–Crippen MR) is 160 cm³/mol. The zero-order valence-corrected chi connectivity index (χ0v) is 28.6. The summed E-state index contributed by atoms with van der Waals surface area (Å²) in [5.74, 6) is 0. The fourth-order valence-electron chi connectivity index (χ4n) is 8.18. The molecule has 0 atom stereocenters. The van der Waals surface area contributed by atoms with Gasteiger partial charge < -0.3 is 0 Å². The van der Waals surface area contributed by atoms with E-state index < -0.39 is 40.6 Å². The second-order valence-electron chi connectivity index (χ2n) is 14.7. The Morgan fingerprint density at radius 2 is 0.903 bits per heavy atom. The first-order valence-electron chi connectivity index (χ1n) is 12.4. The minimum absolute atomic E-state index is 0.662. The molecule has 0 amide bonds. The molecule has 1 aromatic carbocycles. The third kappa shape index (κ3) is 4.30. The second kappa shape index (κ2) is 8.24. The molecule has 0 radical (unpaired) electrons. The van der Waals surface area contributed by atoms with Crippen molar-refractivity contribution in [3.05, 3.63) is 28.8 Å². The molecule has 174 valence electrons. The van der Waals surface area contributed by atoms with Crippen molar-refractivity contribution in [2.24, 2.45) is 0 Å². The van der Waals surface area contributed by atoms with E-state index in [1.54, 1.807) is 5.46 Å². The normalized spacial score (nSPS) is 19.5. The summed E-state index contributed by atoms with van der Waals surface area (Å²) in [7, 11) is -6.32. The summed E-state index contributed by atoms with van der Waals surface area (Å²) in [6.07, 6.45) is 3.06. The molecule has 1 heterocycles. The summed E-state index contributed by atoms with van der Waals surface area (Å²) in [6.45, 7) is 42.9. The van der Waals surface area contributed by atoms with Gasteiger partial charge in [0.05, 0.1) is 0 Å². The van der Waals surface area contributed by atoms with Gasteiger partial charge in [0.15, 0.2) is 0 Å². The maximum atomic E-state index is 2.99. The van der Waals surface area contributed by atoms with Gasteiger partial charge in [-0.1, -0.05) is 0 Å². The van der Waals surface area contributed by atoms with Gasteiger partial charge in [-0.25, -0.2) is 0 Å². The summed E-state index contributed by atoms with van der Waals surface area (Å²) in [6, 6.07) is 4.87. The standard InChI is InChI=1S/C25H51BSi5/c1-20-18-21(2)23(22(3)19-20)26-27-24(28(4,5)6,29(7,8)9)16-17-25(27,30(10,11)12)31(13,14)15/h18-19H,16-17H2,1-15H3. The summed E-state index contributed by atoms with van der Waals surface area (Å²) in [5, 5.41) is 0. The second-order valence-corrected chi connectivity index (χ2v) is 41.9. The van der Waals surface area contributed by atoms with Gasteiger partial charge >= 0.3 is 202 Å². The molecule has 2 rings (SSSR count). The van der Waals surface area contributed by atoms with Gasteiger partial charge in [-0.05, 0) is 0 Å². The SMILES string of the molecule is Cc1cc(C)c(B=[Si]2C([Si](C)(C)C)([Si](C)(C)C)CCC2([Si](C)(C)C)[Si](C)(C)C)c(C)c1. The van der Waals surface area contributed by atoms with E-state index in [0.717, 1.165) is 0 Å². The van der Waals surface area contributed by atoms with Crippen LogP contribution in [0, 0.1) is 20.8 Å². The molecule has 1 saturated heterocycles. The van der Waals surface area contributed by atoms with Crippen LogP contribution in [0.25, 0.3) is 0 Å². The van der Waals surface area contributed by atoms with E-state index in [1.807, 2.05) is 0 Å². The molecule has 1 aliphatic rings. The van der Waals surface area contributed by atoms with Crippen LogP contribution in [0.5, 0.6) is 0 Å². The van der Waals surface area contributed by atoms with Gasteiger partial charge in [0.2, 0.25) is 0 Å². The molecule has 1 fully saturated rings. The average molecular weight is 503 g/mol. The quantitative estimate of drug-likeness (QED) is 0.362. The van der Waals surface area contributed by atoms with E-state index >= 15 is 0 Å². The summed E-state index contributed by atoms with van der Waals surface area (Å²) >= 11 is 0. The first-order chi connectivity index (χ1) is 13.6. The number of benzene rings is 1. The van der Waals surface area contributed by atoms with Crippen molar-refractivity contribution >= 4 is 52.5 Å². The van der Waals surface area contributed by atoms with Crippen LogP contribution >= 0.6 is 0 Å². The van der Waals surface area contributed by atoms with Crippen molar-refractivity contribution in [2.45, 2.75) is 121 Å². The minimum atomic E-state index is -1.40. The molecule has 6 heteroatoms. The van der Waals surface area contributed by atoms with Crippen LogP contribution in [-0.4, -0.2) is 47.0 Å². The Bertz CT molecular complexity index is 780. The molecule has 0 aliphatic carbocycles. The predicted octanol–water partition coefficient (Wildman–Crippen LogP) is 7.72. The molecular weight excluding hydrogens is 452 g/mol. The molecule has 0 unspecified atom stereocenters.